The van der Waals surface area contributed by atoms with E-state index in [2.05, 4.69) is 47.0 Å². The van der Waals surface area contributed by atoms with Crippen molar-refractivity contribution in [3.8, 4) is 35.5 Å². The summed E-state index contributed by atoms with van der Waals surface area (Å²) in [6.07, 6.45) is 3.67. The quantitative estimate of drug-likeness (QED) is 0.164. The van der Waals surface area contributed by atoms with Gasteiger partial charge in [0.1, 0.15) is 6.61 Å². The average molecular weight is 412 g/mol. The van der Waals surface area contributed by atoms with E-state index in [0.29, 0.717) is 6.42 Å². The number of hydrogen-bond donors (Lipinski definition) is 2. The summed E-state index contributed by atoms with van der Waals surface area (Å²) in [5.41, 5.74) is 0. The number of esters is 2. The van der Waals surface area contributed by atoms with Crippen LogP contribution in [0.2, 0.25) is 0 Å². The van der Waals surface area contributed by atoms with Crippen LogP contribution in [0.5, 0.6) is 0 Å². The summed E-state index contributed by atoms with van der Waals surface area (Å²) in [6, 6.07) is 0. The number of unbranched alkanes of at least 4 members (excludes halogenated alkanes) is 4. The van der Waals surface area contributed by atoms with E-state index in [4.69, 9.17) is 19.3 Å². The Hall–Kier alpha value is -2.27. The third-order valence-corrected chi connectivity index (χ3v) is 3.57. The summed E-state index contributed by atoms with van der Waals surface area (Å²) in [4.78, 5) is 40.9. The molecule has 0 rings (SSSR count). The summed E-state index contributed by atoms with van der Waals surface area (Å²) in [7, 11) is -4.76. The van der Waals surface area contributed by atoms with Crippen LogP contribution in [0.4, 0.5) is 0 Å². The molecule has 0 radical (unpaired) electrons. The minimum atomic E-state index is -4.76. The average Bonchev–Trinajstić information content (AvgIpc) is 2.63. The predicted octanol–water partition coefficient (Wildman–Crippen LogP) is 1.94. The van der Waals surface area contributed by atoms with Crippen molar-refractivity contribution in [3.63, 3.8) is 0 Å². The maximum Gasteiger partial charge on any atom is 0.469 e. The molecular weight excluding hydrogens is 387 g/mol. The number of phosphoric acid groups is 1. The molecule has 0 aromatic heterocycles. The van der Waals surface area contributed by atoms with Gasteiger partial charge >= 0.3 is 19.8 Å². The topological polar surface area (TPSA) is 119 Å². The van der Waals surface area contributed by atoms with Gasteiger partial charge in [-0.05, 0) is 37.0 Å². The van der Waals surface area contributed by atoms with Gasteiger partial charge in [-0.3, -0.25) is 9.32 Å². The first-order chi connectivity index (χ1) is 13.3. The van der Waals surface area contributed by atoms with Crippen molar-refractivity contribution in [1.82, 2.24) is 0 Å². The largest absolute Gasteiger partial charge is 0.469 e. The van der Waals surface area contributed by atoms with Crippen molar-refractivity contribution in [3.05, 3.63) is 0 Å². The third-order valence-electron chi connectivity index (χ3n) is 3.09. The minimum Gasteiger partial charge on any atom is -0.456 e. The highest BCUT2D eigenvalue weighted by Crippen LogP contribution is 2.35. The van der Waals surface area contributed by atoms with Crippen LogP contribution < -0.4 is 0 Å². The molecule has 0 aliphatic heterocycles. The molecule has 0 unspecified atom stereocenters. The summed E-state index contributed by atoms with van der Waals surface area (Å²) in [5.74, 6) is 12.5. The van der Waals surface area contributed by atoms with Crippen molar-refractivity contribution in [2.24, 2.45) is 0 Å². The molecule has 1 atom stereocenters. The third kappa shape index (κ3) is 17.2. The van der Waals surface area contributed by atoms with Crippen LogP contribution in [-0.4, -0.2) is 41.0 Å². The molecule has 8 nitrogen and oxygen atoms in total. The first-order valence-corrected chi connectivity index (χ1v) is 10.3. The van der Waals surface area contributed by atoms with Crippen LogP contribution >= 0.6 is 7.82 Å². The SMILES string of the molecule is CC#CC#CC#CC(=O)OC[C@@H](COP(=O)(O)O)OC(=O)CCCCCCC. The van der Waals surface area contributed by atoms with Crippen molar-refractivity contribution >= 4 is 19.8 Å². The Balaban J connectivity index is 4.56. The number of ether oxygens (including phenoxy) is 2. The molecule has 28 heavy (non-hydrogen) atoms. The lowest BCUT2D eigenvalue weighted by Gasteiger charge is -2.17. The van der Waals surface area contributed by atoms with E-state index in [1.807, 2.05) is 0 Å². The monoisotopic (exact) mass is 412 g/mol. The van der Waals surface area contributed by atoms with E-state index >= 15 is 0 Å². The fraction of sp³-hybridized carbons (Fsp3) is 0.579. The predicted molar refractivity (Wildman–Crippen MR) is 101 cm³/mol. The molecule has 0 aromatic carbocycles. The van der Waals surface area contributed by atoms with Crippen molar-refractivity contribution < 1.29 is 37.9 Å². The highest BCUT2D eigenvalue weighted by molar-refractivity contribution is 7.46. The van der Waals surface area contributed by atoms with E-state index in [1.54, 1.807) is 6.92 Å². The van der Waals surface area contributed by atoms with E-state index < -0.39 is 39.1 Å². The summed E-state index contributed by atoms with van der Waals surface area (Å²) >= 11 is 0. The number of rotatable bonds is 12. The van der Waals surface area contributed by atoms with Crippen LogP contribution in [0.15, 0.2) is 0 Å². The molecule has 0 saturated heterocycles. The van der Waals surface area contributed by atoms with Crippen molar-refractivity contribution in [1.29, 1.82) is 0 Å². The molecule has 0 fully saturated rings. The van der Waals surface area contributed by atoms with Gasteiger partial charge in [0.05, 0.1) is 6.61 Å². The van der Waals surface area contributed by atoms with Crippen LogP contribution in [0.1, 0.15) is 52.4 Å². The molecular formula is C19H25O8P. The molecule has 0 aliphatic carbocycles. The summed E-state index contributed by atoms with van der Waals surface area (Å²) < 4.78 is 25.1. The van der Waals surface area contributed by atoms with Crippen molar-refractivity contribution in [2.45, 2.75) is 58.5 Å². The number of phosphoric ester groups is 1. The van der Waals surface area contributed by atoms with Gasteiger partial charge in [-0.2, -0.15) is 0 Å². The number of hydrogen-bond acceptors (Lipinski definition) is 6. The number of carbonyl (C=O) groups is 2. The Kier molecular flexibility index (Phi) is 14.5. The van der Waals surface area contributed by atoms with Crippen LogP contribution in [0.25, 0.3) is 0 Å². The van der Waals surface area contributed by atoms with Gasteiger partial charge < -0.3 is 19.3 Å². The first-order valence-electron chi connectivity index (χ1n) is 8.77. The highest BCUT2D eigenvalue weighted by Gasteiger charge is 2.22. The lowest BCUT2D eigenvalue weighted by atomic mass is 10.1. The van der Waals surface area contributed by atoms with Gasteiger partial charge in [0, 0.05) is 12.3 Å². The molecule has 2 N–H and O–H groups in total. The van der Waals surface area contributed by atoms with Gasteiger partial charge in [0.2, 0.25) is 0 Å². The minimum absolute atomic E-state index is 0.151. The Morgan fingerprint density at radius 3 is 2.32 bits per heavy atom. The zero-order valence-electron chi connectivity index (χ0n) is 16.0. The fourth-order valence-corrected chi connectivity index (χ4v) is 2.19. The van der Waals surface area contributed by atoms with Crippen molar-refractivity contribution in [2.75, 3.05) is 13.2 Å². The second-order valence-electron chi connectivity index (χ2n) is 5.54. The number of carbonyl (C=O) groups excluding carboxylic acids is 2. The van der Waals surface area contributed by atoms with Gasteiger partial charge in [0.25, 0.3) is 0 Å². The fourth-order valence-electron chi connectivity index (χ4n) is 1.83. The summed E-state index contributed by atoms with van der Waals surface area (Å²) in [6.45, 7) is 2.59. The van der Waals surface area contributed by atoms with E-state index in [-0.39, 0.29) is 6.42 Å². The maximum absolute atomic E-state index is 11.9. The smallest absolute Gasteiger partial charge is 0.456 e. The van der Waals surface area contributed by atoms with Gasteiger partial charge in [-0.1, -0.05) is 38.5 Å². The molecule has 0 aromatic rings. The molecule has 0 aliphatic rings. The lowest BCUT2D eigenvalue weighted by molar-refractivity contribution is -0.158. The Labute approximate surface area is 165 Å². The summed E-state index contributed by atoms with van der Waals surface area (Å²) in [5, 5.41) is 0. The molecule has 0 amide bonds. The van der Waals surface area contributed by atoms with E-state index in [1.165, 1.54) is 0 Å². The Morgan fingerprint density at radius 2 is 1.68 bits per heavy atom. The van der Waals surface area contributed by atoms with E-state index in [0.717, 1.165) is 25.7 Å². The van der Waals surface area contributed by atoms with Gasteiger partial charge in [-0.25, -0.2) is 9.36 Å². The standard InChI is InChI=1S/C19H25O8P/c1-3-5-7-9-11-13-18(20)25-15-17(16-26-28(22,23)24)27-19(21)14-12-10-8-6-4-2/h17H,4,6,8,10,12,14-16H2,1-2H3,(H2,22,23,24)/t17-/m0/s1. The Morgan fingerprint density at radius 1 is 1.00 bits per heavy atom. The van der Waals surface area contributed by atoms with Crippen LogP contribution in [-0.2, 0) is 28.2 Å². The zero-order valence-corrected chi connectivity index (χ0v) is 16.9. The highest BCUT2D eigenvalue weighted by atomic mass is 31.2. The Bertz CT molecular complexity index is 720. The van der Waals surface area contributed by atoms with E-state index in [9.17, 15) is 14.2 Å². The molecule has 154 valence electrons. The lowest BCUT2D eigenvalue weighted by Crippen LogP contribution is -2.29. The molecule has 0 saturated carbocycles. The normalized spacial score (nSPS) is 10.9. The molecule has 0 spiro atoms. The van der Waals surface area contributed by atoms with Crippen LogP contribution in [0, 0.1) is 35.5 Å². The van der Waals surface area contributed by atoms with Gasteiger partial charge in [0.15, 0.2) is 6.10 Å². The maximum atomic E-state index is 11.9. The second kappa shape index (κ2) is 15.8. The zero-order chi connectivity index (χ0) is 21.3. The van der Waals surface area contributed by atoms with Crippen LogP contribution in [0.3, 0.4) is 0 Å². The second-order valence-corrected chi connectivity index (χ2v) is 6.78. The molecule has 0 heterocycles. The molecule has 0 bridgehead atoms. The first kappa shape index (κ1) is 25.7. The molecule has 9 heteroatoms. The van der Waals surface area contributed by atoms with Gasteiger partial charge in [-0.15, -0.1) is 0 Å².